The molecule has 0 fully saturated rings. The Morgan fingerprint density at radius 3 is 2.73 bits per heavy atom. The molecular weight excluding hydrogens is 205 g/mol. The van der Waals surface area contributed by atoms with Crippen LogP contribution in [0.25, 0.3) is 0 Å². The number of anilines is 1. The largest absolute Gasteiger partial charge is 0.433 e. The van der Waals surface area contributed by atoms with Crippen LogP contribution in [0.2, 0.25) is 0 Å². The van der Waals surface area contributed by atoms with E-state index in [1.54, 1.807) is 6.08 Å². The van der Waals surface area contributed by atoms with Crippen molar-refractivity contribution >= 4 is 5.82 Å². The molecule has 1 N–H and O–H groups in total. The van der Waals surface area contributed by atoms with Gasteiger partial charge in [0.1, 0.15) is 11.5 Å². The van der Waals surface area contributed by atoms with Gasteiger partial charge < -0.3 is 5.32 Å². The standard InChI is InChI=1S/C10H11F3N2/c1-2-3-7-14-9-6-4-5-8(15-9)10(11,12)13/h2,4-6H,1,3,7H2,(H,14,15). The number of hydrogen-bond donors (Lipinski definition) is 1. The summed E-state index contributed by atoms with van der Waals surface area (Å²) in [6.07, 6.45) is -2.03. The minimum absolute atomic E-state index is 0.228. The van der Waals surface area contributed by atoms with E-state index in [0.29, 0.717) is 13.0 Å². The van der Waals surface area contributed by atoms with Crippen molar-refractivity contribution in [2.75, 3.05) is 11.9 Å². The molecule has 2 nitrogen and oxygen atoms in total. The van der Waals surface area contributed by atoms with Gasteiger partial charge in [0.15, 0.2) is 0 Å². The molecule has 82 valence electrons. The molecule has 0 atom stereocenters. The summed E-state index contributed by atoms with van der Waals surface area (Å²) >= 11 is 0. The average molecular weight is 216 g/mol. The monoisotopic (exact) mass is 216 g/mol. The van der Waals surface area contributed by atoms with Gasteiger partial charge in [-0.2, -0.15) is 13.2 Å². The lowest BCUT2D eigenvalue weighted by Gasteiger charge is -2.08. The molecule has 0 amide bonds. The van der Waals surface area contributed by atoms with E-state index in [0.717, 1.165) is 6.07 Å². The SMILES string of the molecule is C=CCCNc1cccc(C(F)(F)F)n1. The van der Waals surface area contributed by atoms with Crippen LogP contribution >= 0.6 is 0 Å². The quantitative estimate of drug-likeness (QED) is 0.618. The number of nitrogens with zero attached hydrogens (tertiary/aromatic N) is 1. The molecule has 1 rings (SSSR count). The van der Waals surface area contributed by atoms with E-state index in [2.05, 4.69) is 16.9 Å². The Balaban J connectivity index is 2.70. The molecule has 15 heavy (non-hydrogen) atoms. The lowest BCUT2D eigenvalue weighted by Crippen LogP contribution is -2.10. The first-order valence-corrected chi connectivity index (χ1v) is 4.43. The summed E-state index contributed by atoms with van der Waals surface area (Å²) in [4.78, 5) is 3.45. The molecule has 0 saturated carbocycles. The second kappa shape index (κ2) is 4.82. The fourth-order valence-corrected chi connectivity index (χ4v) is 0.993. The zero-order valence-electron chi connectivity index (χ0n) is 8.01. The molecule has 1 aromatic rings. The Kier molecular flexibility index (Phi) is 3.71. The normalized spacial score (nSPS) is 11.1. The Morgan fingerprint density at radius 2 is 2.13 bits per heavy atom. The van der Waals surface area contributed by atoms with Crippen molar-refractivity contribution in [3.63, 3.8) is 0 Å². The highest BCUT2D eigenvalue weighted by atomic mass is 19.4. The summed E-state index contributed by atoms with van der Waals surface area (Å²) in [5, 5.41) is 2.78. The third-order valence-electron chi connectivity index (χ3n) is 1.69. The number of nitrogens with one attached hydrogen (secondary N) is 1. The van der Waals surface area contributed by atoms with E-state index in [9.17, 15) is 13.2 Å². The summed E-state index contributed by atoms with van der Waals surface area (Å²) in [5.41, 5.74) is -0.883. The molecule has 0 aromatic carbocycles. The highest BCUT2D eigenvalue weighted by Crippen LogP contribution is 2.27. The molecule has 0 spiro atoms. The maximum absolute atomic E-state index is 12.2. The Morgan fingerprint density at radius 1 is 1.40 bits per heavy atom. The number of pyridine rings is 1. The van der Waals surface area contributed by atoms with Crippen molar-refractivity contribution in [1.82, 2.24) is 4.98 Å². The molecule has 0 aliphatic carbocycles. The number of rotatable bonds is 4. The Bertz CT molecular complexity index is 334. The number of alkyl halides is 3. The van der Waals surface area contributed by atoms with Crippen molar-refractivity contribution in [2.45, 2.75) is 12.6 Å². The zero-order chi connectivity index (χ0) is 11.3. The first-order valence-electron chi connectivity index (χ1n) is 4.43. The molecule has 1 aromatic heterocycles. The van der Waals surface area contributed by atoms with E-state index >= 15 is 0 Å². The Hall–Kier alpha value is -1.52. The molecule has 0 unspecified atom stereocenters. The first kappa shape index (κ1) is 11.6. The van der Waals surface area contributed by atoms with Crippen molar-refractivity contribution in [3.8, 4) is 0 Å². The van der Waals surface area contributed by atoms with Crippen LogP contribution < -0.4 is 5.32 Å². The van der Waals surface area contributed by atoms with Crippen LogP contribution in [0.15, 0.2) is 30.9 Å². The summed E-state index contributed by atoms with van der Waals surface area (Å²) in [6, 6.07) is 3.77. The van der Waals surface area contributed by atoms with Crippen molar-refractivity contribution in [3.05, 3.63) is 36.5 Å². The van der Waals surface area contributed by atoms with Crippen molar-refractivity contribution < 1.29 is 13.2 Å². The van der Waals surface area contributed by atoms with Gasteiger partial charge in [-0.25, -0.2) is 4.98 Å². The maximum atomic E-state index is 12.2. The van der Waals surface area contributed by atoms with Gasteiger partial charge in [0.05, 0.1) is 0 Å². The second-order valence-corrected chi connectivity index (χ2v) is 2.91. The highest BCUT2D eigenvalue weighted by Gasteiger charge is 2.32. The van der Waals surface area contributed by atoms with E-state index in [1.807, 2.05) is 0 Å². The van der Waals surface area contributed by atoms with Gasteiger partial charge in [0.25, 0.3) is 0 Å². The van der Waals surface area contributed by atoms with E-state index in [1.165, 1.54) is 12.1 Å². The predicted molar refractivity (Wildman–Crippen MR) is 52.5 cm³/mol. The number of aromatic nitrogens is 1. The fourth-order valence-electron chi connectivity index (χ4n) is 0.993. The maximum Gasteiger partial charge on any atom is 0.433 e. The van der Waals surface area contributed by atoms with E-state index in [4.69, 9.17) is 0 Å². The minimum Gasteiger partial charge on any atom is -0.370 e. The predicted octanol–water partition coefficient (Wildman–Crippen LogP) is 3.09. The second-order valence-electron chi connectivity index (χ2n) is 2.91. The van der Waals surface area contributed by atoms with Gasteiger partial charge in [0.2, 0.25) is 0 Å². The van der Waals surface area contributed by atoms with Crippen LogP contribution in [0.1, 0.15) is 12.1 Å². The lowest BCUT2D eigenvalue weighted by atomic mass is 10.3. The first-order chi connectivity index (χ1) is 7.04. The van der Waals surface area contributed by atoms with Crippen molar-refractivity contribution in [1.29, 1.82) is 0 Å². The van der Waals surface area contributed by atoms with Crippen LogP contribution in [-0.2, 0) is 6.18 Å². The summed E-state index contributed by atoms with van der Waals surface area (Å²) in [6.45, 7) is 4.03. The van der Waals surface area contributed by atoms with Gasteiger partial charge in [-0.3, -0.25) is 0 Å². The average Bonchev–Trinajstić information content (AvgIpc) is 2.17. The number of hydrogen-bond acceptors (Lipinski definition) is 2. The summed E-state index contributed by atoms with van der Waals surface area (Å²) < 4.78 is 36.7. The summed E-state index contributed by atoms with van der Waals surface area (Å²) in [5.74, 6) is 0.228. The molecule has 0 aliphatic heterocycles. The van der Waals surface area contributed by atoms with Crippen molar-refractivity contribution in [2.24, 2.45) is 0 Å². The molecule has 0 saturated heterocycles. The zero-order valence-corrected chi connectivity index (χ0v) is 8.01. The van der Waals surface area contributed by atoms with Gasteiger partial charge in [-0.15, -0.1) is 6.58 Å². The van der Waals surface area contributed by atoms with Gasteiger partial charge in [0, 0.05) is 6.54 Å². The lowest BCUT2D eigenvalue weighted by molar-refractivity contribution is -0.141. The molecule has 0 radical (unpaired) electrons. The molecule has 5 heteroatoms. The number of halogens is 3. The third kappa shape index (κ3) is 3.61. The van der Waals surface area contributed by atoms with E-state index < -0.39 is 11.9 Å². The Labute approximate surface area is 85.8 Å². The molecule has 0 aliphatic rings. The summed E-state index contributed by atoms with van der Waals surface area (Å²) in [7, 11) is 0. The van der Waals surface area contributed by atoms with Gasteiger partial charge >= 0.3 is 6.18 Å². The smallest absolute Gasteiger partial charge is 0.370 e. The minimum atomic E-state index is -4.39. The molecule has 0 bridgehead atoms. The van der Waals surface area contributed by atoms with Gasteiger partial charge in [-0.05, 0) is 18.6 Å². The van der Waals surface area contributed by atoms with Crippen LogP contribution in [0.3, 0.4) is 0 Å². The molecular formula is C10H11F3N2. The van der Waals surface area contributed by atoms with Crippen LogP contribution in [0, 0.1) is 0 Å². The van der Waals surface area contributed by atoms with E-state index in [-0.39, 0.29) is 5.82 Å². The van der Waals surface area contributed by atoms with Crippen LogP contribution in [-0.4, -0.2) is 11.5 Å². The highest BCUT2D eigenvalue weighted by molar-refractivity contribution is 5.35. The topological polar surface area (TPSA) is 24.9 Å². The van der Waals surface area contributed by atoms with Gasteiger partial charge in [-0.1, -0.05) is 12.1 Å². The fraction of sp³-hybridized carbons (Fsp3) is 0.300. The molecule has 1 heterocycles. The van der Waals surface area contributed by atoms with Crippen LogP contribution in [0.4, 0.5) is 19.0 Å². The van der Waals surface area contributed by atoms with Crippen LogP contribution in [0.5, 0.6) is 0 Å². The third-order valence-corrected chi connectivity index (χ3v) is 1.69.